The van der Waals surface area contributed by atoms with E-state index in [1.54, 1.807) is 34.9 Å². The Balaban J connectivity index is 1.37. The maximum absolute atomic E-state index is 13.7. The number of amides is 1. The summed E-state index contributed by atoms with van der Waals surface area (Å²) in [6.07, 6.45) is 0. The van der Waals surface area contributed by atoms with Gasteiger partial charge in [-0.25, -0.2) is 4.39 Å². The Hall–Kier alpha value is -2.73. The molecule has 0 fully saturated rings. The van der Waals surface area contributed by atoms with Crippen molar-refractivity contribution in [1.82, 2.24) is 4.90 Å². The van der Waals surface area contributed by atoms with Crippen molar-refractivity contribution in [1.29, 1.82) is 0 Å². The van der Waals surface area contributed by atoms with Gasteiger partial charge in [0.05, 0.1) is 5.75 Å². The second-order valence-electron chi connectivity index (χ2n) is 6.66. The molecule has 4 rings (SSSR count). The van der Waals surface area contributed by atoms with Crippen molar-refractivity contribution in [2.45, 2.75) is 18.1 Å². The summed E-state index contributed by atoms with van der Waals surface area (Å²) in [6, 6.07) is 18.3. The number of rotatable bonds is 5. The minimum absolute atomic E-state index is 0.108. The number of fused-ring (bicyclic) bond motifs is 1. The molecule has 1 N–H and O–H groups in total. The van der Waals surface area contributed by atoms with Gasteiger partial charge in [-0.2, -0.15) is 0 Å². The van der Waals surface area contributed by atoms with Crippen molar-refractivity contribution in [2.75, 3.05) is 18.4 Å². The summed E-state index contributed by atoms with van der Waals surface area (Å²) in [5.41, 5.74) is 2.84. The average Bonchev–Trinajstić information content (AvgIpc) is 3.07. The zero-order valence-electron chi connectivity index (χ0n) is 15.4. The average molecular weight is 396 g/mol. The predicted molar refractivity (Wildman–Crippen MR) is 110 cm³/mol. The quantitative estimate of drug-likeness (QED) is 0.665. The number of hydrogen-bond donors (Lipinski definition) is 1. The van der Waals surface area contributed by atoms with Gasteiger partial charge in [-0.05, 0) is 35.4 Å². The van der Waals surface area contributed by atoms with Gasteiger partial charge in [0.15, 0.2) is 5.76 Å². The van der Waals surface area contributed by atoms with E-state index in [2.05, 4.69) is 5.32 Å². The van der Waals surface area contributed by atoms with Gasteiger partial charge < -0.3 is 14.6 Å². The molecule has 1 aromatic heterocycles. The molecular formula is C22H21FN2O2S. The number of carbonyl (C=O) groups excluding carboxylic acids is 1. The molecule has 0 atom stereocenters. The van der Waals surface area contributed by atoms with E-state index in [4.69, 9.17) is 4.42 Å². The molecule has 0 saturated carbocycles. The first-order valence-corrected chi connectivity index (χ1v) is 10.4. The maximum Gasteiger partial charge on any atom is 0.289 e. The number of nitrogens with zero attached hydrogens (tertiary/aromatic N) is 1. The van der Waals surface area contributed by atoms with Gasteiger partial charge in [0.2, 0.25) is 0 Å². The maximum atomic E-state index is 13.7. The Bertz CT molecular complexity index is 972. The molecule has 0 saturated heterocycles. The number of furan rings is 1. The molecule has 1 aliphatic heterocycles. The van der Waals surface area contributed by atoms with Gasteiger partial charge in [0, 0.05) is 31.1 Å². The molecule has 0 unspecified atom stereocenters. The van der Waals surface area contributed by atoms with E-state index < -0.39 is 0 Å². The van der Waals surface area contributed by atoms with Crippen LogP contribution >= 0.6 is 11.8 Å². The van der Waals surface area contributed by atoms with E-state index >= 15 is 0 Å². The summed E-state index contributed by atoms with van der Waals surface area (Å²) < 4.78 is 19.4. The fourth-order valence-electron chi connectivity index (χ4n) is 3.22. The lowest BCUT2D eigenvalue weighted by atomic mass is 10.1. The zero-order valence-corrected chi connectivity index (χ0v) is 16.2. The Morgan fingerprint density at radius 3 is 2.79 bits per heavy atom. The minimum atomic E-state index is -0.194. The van der Waals surface area contributed by atoms with Gasteiger partial charge >= 0.3 is 0 Å². The molecular weight excluding hydrogens is 375 g/mol. The number of para-hydroxylation sites is 1. The summed E-state index contributed by atoms with van der Waals surface area (Å²) >= 11 is 1.56. The van der Waals surface area contributed by atoms with Crippen molar-refractivity contribution in [3.63, 3.8) is 0 Å². The van der Waals surface area contributed by atoms with Crippen LogP contribution in [-0.2, 0) is 18.1 Å². The molecule has 2 heterocycles. The van der Waals surface area contributed by atoms with Crippen LogP contribution in [0.1, 0.15) is 27.4 Å². The monoisotopic (exact) mass is 396 g/mol. The van der Waals surface area contributed by atoms with Crippen LogP contribution < -0.4 is 5.32 Å². The van der Waals surface area contributed by atoms with Crippen LogP contribution in [0.25, 0.3) is 0 Å². The van der Waals surface area contributed by atoms with Crippen LogP contribution in [0.5, 0.6) is 0 Å². The first-order valence-electron chi connectivity index (χ1n) is 9.21. The fourth-order valence-corrected chi connectivity index (χ4v) is 4.13. The standard InChI is InChI=1S/C22H21FN2O2S/c23-19-7-3-1-6-17(19)14-28-15-18-9-10-21(27-18)22(26)25-12-11-24-20-8-4-2-5-16(20)13-25/h1-10,24H,11-15H2. The largest absolute Gasteiger partial charge is 0.455 e. The van der Waals surface area contributed by atoms with Crippen molar-refractivity contribution >= 4 is 23.4 Å². The minimum Gasteiger partial charge on any atom is -0.455 e. The van der Waals surface area contributed by atoms with Crippen molar-refractivity contribution in [2.24, 2.45) is 0 Å². The van der Waals surface area contributed by atoms with Crippen molar-refractivity contribution in [3.8, 4) is 0 Å². The topological polar surface area (TPSA) is 45.5 Å². The van der Waals surface area contributed by atoms with Crippen molar-refractivity contribution < 1.29 is 13.6 Å². The molecule has 144 valence electrons. The normalized spacial score (nSPS) is 13.5. The Labute approximate surface area is 167 Å². The van der Waals surface area contributed by atoms with Crippen LogP contribution in [0.2, 0.25) is 0 Å². The SMILES string of the molecule is O=C(c1ccc(CSCc2ccccc2F)o1)N1CCNc2ccccc2C1. The molecule has 1 amide bonds. The van der Waals surface area contributed by atoms with Gasteiger partial charge in [0.1, 0.15) is 11.6 Å². The molecule has 4 nitrogen and oxygen atoms in total. The third-order valence-electron chi connectivity index (χ3n) is 4.70. The lowest BCUT2D eigenvalue weighted by Gasteiger charge is -2.19. The second-order valence-corrected chi connectivity index (χ2v) is 7.65. The number of anilines is 1. The number of nitrogens with one attached hydrogen (secondary N) is 1. The van der Waals surface area contributed by atoms with E-state index in [1.807, 2.05) is 36.4 Å². The number of carbonyl (C=O) groups is 1. The molecule has 0 aliphatic carbocycles. The molecule has 28 heavy (non-hydrogen) atoms. The first kappa shape index (κ1) is 18.6. The van der Waals surface area contributed by atoms with E-state index in [0.29, 0.717) is 42.5 Å². The highest BCUT2D eigenvalue weighted by molar-refractivity contribution is 7.97. The Morgan fingerprint density at radius 1 is 1.07 bits per heavy atom. The zero-order chi connectivity index (χ0) is 19.3. The van der Waals surface area contributed by atoms with Crippen LogP contribution in [0, 0.1) is 5.82 Å². The number of thioether (sulfide) groups is 1. The smallest absolute Gasteiger partial charge is 0.289 e. The third-order valence-corrected chi connectivity index (χ3v) is 5.70. The molecule has 2 aromatic carbocycles. The molecule has 0 radical (unpaired) electrons. The van der Waals surface area contributed by atoms with Crippen LogP contribution in [0.3, 0.4) is 0 Å². The highest BCUT2D eigenvalue weighted by Gasteiger charge is 2.22. The summed E-state index contributed by atoms with van der Waals surface area (Å²) in [5, 5.41) is 3.36. The van der Waals surface area contributed by atoms with Gasteiger partial charge in [0.25, 0.3) is 5.91 Å². The molecule has 6 heteroatoms. The number of halogens is 1. The molecule has 0 bridgehead atoms. The summed E-state index contributed by atoms with van der Waals surface area (Å²) in [5.74, 6) is 1.92. The van der Waals surface area contributed by atoms with E-state index in [-0.39, 0.29) is 11.7 Å². The first-order chi connectivity index (χ1) is 13.7. The van der Waals surface area contributed by atoms with Crippen LogP contribution in [0.15, 0.2) is 65.1 Å². The summed E-state index contributed by atoms with van der Waals surface area (Å²) in [6.45, 7) is 1.88. The molecule has 0 spiro atoms. The molecule has 3 aromatic rings. The fraction of sp³-hybridized carbons (Fsp3) is 0.227. The highest BCUT2D eigenvalue weighted by atomic mass is 32.2. The molecule has 1 aliphatic rings. The summed E-state index contributed by atoms with van der Waals surface area (Å²) in [4.78, 5) is 14.7. The van der Waals surface area contributed by atoms with Crippen LogP contribution in [-0.4, -0.2) is 23.9 Å². The second kappa shape index (κ2) is 8.52. The Kier molecular flexibility index (Phi) is 5.67. The van der Waals surface area contributed by atoms with Crippen molar-refractivity contribution in [3.05, 3.63) is 89.1 Å². The van der Waals surface area contributed by atoms with Gasteiger partial charge in [-0.1, -0.05) is 36.4 Å². The van der Waals surface area contributed by atoms with E-state index in [1.165, 1.54) is 6.07 Å². The van der Waals surface area contributed by atoms with Gasteiger partial charge in [-0.3, -0.25) is 4.79 Å². The number of benzene rings is 2. The van der Waals surface area contributed by atoms with Gasteiger partial charge in [-0.15, -0.1) is 11.8 Å². The summed E-state index contributed by atoms with van der Waals surface area (Å²) in [7, 11) is 0. The number of hydrogen-bond acceptors (Lipinski definition) is 4. The highest BCUT2D eigenvalue weighted by Crippen LogP contribution is 2.24. The lowest BCUT2D eigenvalue weighted by molar-refractivity contribution is 0.0719. The van der Waals surface area contributed by atoms with Crippen LogP contribution in [0.4, 0.5) is 10.1 Å². The van der Waals surface area contributed by atoms with E-state index in [0.717, 1.165) is 17.0 Å². The third kappa shape index (κ3) is 4.22. The predicted octanol–water partition coefficient (Wildman–Crippen LogP) is 4.92. The van der Waals surface area contributed by atoms with E-state index in [9.17, 15) is 9.18 Å². The lowest BCUT2D eigenvalue weighted by Crippen LogP contribution is -2.32. The Morgan fingerprint density at radius 2 is 1.89 bits per heavy atom.